The quantitative estimate of drug-likeness (QED) is 0.892. The summed E-state index contributed by atoms with van der Waals surface area (Å²) in [6, 6.07) is 6.24. The number of aryl methyl sites for hydroxylation is 1. The SMILES string of the molecule is CCc1nnsc1C(=O)Nc1ccccc1C(=O)O. The van der Waals surface area contributed by atoms with Gasteiger partial charge in [-0.25, -0.2) is 4.79 Å². The van der Waals surface area contributed by atoms with Gasteiger partial charge in [-0.2, -0.15) is 0 Å². The van der Waals surface area contributed by atoms with Crippen LogP contribution in [0.5, 0.6) is 0 Å². The highest BCUT2D eigenvalue weighted by molar-refractivity contribution is 7.08. The van der Waals surface area contributed by atoms with Crippen molar-refractivity contribution in [1.82, 2.24) is 9.59 Å². The first-order valence-electron chi connectivity index (χ1n) is 5.58. The summed E-state index contributed by atoms with van der Waals surface area (Å²) in [4.78, 5) is 23.5. The van der Waals surface area contributed by atoms with E-state index in [1.54, 1.807) is 18.2 Å². The van der Waals surface area contributed by atoms with E-state index in [2.05, 4.69) is 14.9 Å². The molecule has 1 aromatic carbocycles. The maximum absolute atomic E-state index is 12.1. The average Bonchev–Trinajstić information content (AvgIpc) is 2.87. The normalized spacial score (nSPS) is 10.2. The van der Waals surface area contributed by atoms with Crippen LogP contribution in [0.2, 0.25) is 0 Å². The van der Waals surface area contributed by atoms with Crippen LogP contribution < -0.4 is 5.32 Å². The molecule has 0 unspecified atom stereocenters. The summed E-state index contributed by atoms with van der Waals surface area (Å²) < 4.78 is 3.73. The number of amides is 1. The number of aromatic nitrogens is 2. The van der Waals surface area contributed by atoms with E-state index in [1.165, 1.54) is 6.07 Å². The zero-order chi connectivity index (χ0) is 13.8. The van der Waals surface area contributed by atoms with Crippen molar-refractivity contribution >= 4 is 29.1 Å². The van der Waals surface area contributed by atoms with Crippen LogP contribution in [0.4, 0.5) is 5.69 Å². The van der Waals surface area contributed by atoms with Crippen LogP contribution in [-0.4, -0.2) is 26.6 Å². The predicted molar refractivity (Wildman–Crippen MR) is 70.6 cm³/mol. The Labute approximate surface area is 113 Å². The molecule has 2 rings (SSSR count). The number of hydrogen-bond acceptors (Lipinski definition) is 5. The van der Waals surface area contributed by atoms with Gasteiger partial charge in [0.2, 0.25) is 0 Å². The van der Waals surface area contributed by atoms with Crippen molar-refractivity contribution in [2.75, 3.05) is 5.32 Å². The van der Waals surface area contributed by atoms with E-state index in [0.29, 0.717) is 17.0 Å². The molecule has 1 heterocycles. The lowest BCUT2D eigenvalue weighted by Crippen LogP contribution is -2.15. The topological polar surface area (TPSA) is 92.2 Å². The first-order valence-corrected chi connectivity index (χ1v) is 6.35. The van der Waals surface area contributed by atoms with E-state index in [4.69, 9.17) is 5.11 Å². The molecule has 2 N–H and O–H groups in total. The first kappa shape index (κ1) is 13.2. The molecule has 0 saturated heterocycles. The van der Waals surface area contributed by atoms with Gasteiger partial charge in [0.15, 0.2) is 0 Å². The summed E-state index contributed by atoms with van der Waals surface area (Å²) in [5.41, 5.74) is 0.914. The van der Waals surface area contributed by atoms with E-state index < -0.39 is 5.97 Å². The first-order chi connectivity index (χ1) is 9.13. The highest BCUT2D eigenvalue weighted by atomic mass is 32.1. The van der Waals surface area contributed by atoms with Gasteiger partial charge in [-0.15, -0.1) is 5.10 Å². The van der Waals surface area contributed by atoms with Crippen molar-refractivity contribution in [2.24, 2.45) is 0 Å². The van der Waals surface area contributed by atoms with Crippen LogP contribution >= 0.6 is 11.5 Å². The summed E-state index contributed by atoms with van der Waals surface area (Å²) in [6.45, 7) is 1.87. The molecular formula is C12H11N3O3S. The molecule has 0 aliphatic heterocycles. The van der Waals surface area contributed by atoms with Crippen LogP contribution in [0.3, 0.4) is 0 Å². The molecule has 0 fully saturated rings. The largest absolute Gasteiger partial charge is 0.478 e. The average molecular weight is 277 g/mol. The molecule has 0 atom stereocenters. The second-order valence-electron chi connectivity index (χ2n) is 3.71. The van der Waals surface area contributed by atoms with Gasteiger partial charge >= 0.3 is 5.97 Å². The molecular weight excluding hydrogens is 266 g/mol. The van der Waals surface area contributed by atoms with Crippen molar-refractivity contribution in [3.63, 3.8) is 0 Å². The third-order valence-electron chi connectivity index (χ3n) is 2.50. The van der Waals surface area contributed by atoms with E-state index in [-0.39, 0.29) is 17.2 Å². The van der Waals surface area contributed by atoms with Crippen LogP contribution in [0, 0.1) is 0 Å². The number of carbonyl (C=O) groups excluding carboxylic acids is 1. The van der Waals surface area contributed by atoms with Crippen molar-refractivity contribution < 1.29 is 14.7 Å². The molecule has 0 aliphatic carbocycles. The van der Waals surface area contributed by atoms with Crippen LogP contribution in [0.25, 0.3) is 0 Å². The molecule has 7 heteroatoms. The van der Waals surface area contributed by atoms with Gasteiger partial charge in [0.1, 0.15) is 4.88 Å². The lowest BCUT2D eigenvalue weighted by atomic mass is 10.1. The van der Waals surface area contributed by atoms with Gasteiger partial charge < -0.3 is 10.4 Å². The fraction of sp³-hybridized carbons (Fsp3) is 0.167. The summed E-state index contributed by atoms with van der Waals surface area (Å²) in [7, 11) is 0. The third kappa shape index (κ3) is 2.76. The third-order valence-corrected chi connectivity index (χ3v) is 3.27. The van der Waals surface area contributed by atoms with Crippen molar-refractivity contribution in [3.8, 4) is 0 Å². The number of nitrogens with one attached hydrogen (secondary N) is 1. The number of benzene rings is 1. The predicted octanol–water partition coefficient (Wildman–Crippen LogP) is 2.05. The standard InChI is InChI=1S/C12H11N3O3S/c1-2-8-10(19-15-14-8)11(16)13-9-6-4-3-5-7(9)12(17)18/h3-6H,2H2,1H3,(H,13,16)(H,17,18). The maximum atomic E-state index is 12.1. The van der Waals surface area contributed by atoms with Crippen LogP contribution in [0.15, 0.2) is 24.3 Å². The van der Waals surface area contributed by atoms with Gasteiger partial charge in [0, 0.05) is 0 Å². The van der Waals surface area contributed by atoms with Gasteiger partial charge in [0.05, 0.1) is 16.9 Å². The summed E-state index contributed by atoms with van der Waals surface area (Å²) in [5.74, 6) is -1.48. The zero-order valence-electron chi connectivity index (χ0n) is 10.1. The maximum Gasteiger partial charge on any atom is 0.337 e. The second-order valence-corrected chi connectivity index (χ2v) is 4.46. The van der Waals surface area contributed by atoms with Gasteiger partial charge in [-0.1, -0.05) is 23.5 Å². The number of para-hydroxylation sites is 1. The number of hydrogen-bond donors (Lipinski definition) is 2. The monoisotopic (exact) mass is 277 g/mol. The molecule has 6 nitrogen and oxygen atoms in total. The molecule has 19 heavy (non-hydrogen) atoms. The van der Waals surface area contributed by atoms with Gasteiger partial charge in [-0.05, 0) is 30.1 Å². The van der Waals surface area contributed by atoms with Crippen molar-refractivity contribution in [1.29, 1.82) is 0 Å². The molecule has 0 spiro atoms. The Morgan fingerprint density at radius 2 is 2.11 bits per heavy atom. The lowest BCUT2D eigenvalue weighted by molar-refractivity contribution is 0.0698. The Hall–Kier alpha value is -2.28. The number of carboxylic acids is 1. The van der Waals surface area contributed by atoms with Crippen molar-refractivity contribution in [2.45, 2.75) is 13.3 Å². The molecule has 0 saturated carbocycles. The fourth-order valence-electron chi connectivity index (χ4n) is 1.57. The minimum Gasteiger partial charge on any atom is -0.478 e. The molecule has 1 aromatic heterocycles. The van der Waals surface area contributed by atoms with Crippen molar-refractivity contribution in [3.05, 3.63) is 40.4 Å². The van der Waals surface area contributed by atoms with E-state index in [1.807, 2.05) is 6.92 Å². The zero-order valence-corrected chi connectivity index (χ0v) is 10.9. The smallest absolute Gasteiger partial charge is 0.337 e. The molecule has 98 valence electrons. The number of aromatic carboxylic acids is 1. The number of carbonyl (C=O) groups is 2. The molecule has 1 amide bonds. The number of nitrogens with zero attached hydrogens (tertiary/aromatic N) is 2. The summed E-state index contributed by atoms with van der Waals surface area (Å²) in [6.07, 6.45) is 0.597. The van der Waals surface area contributed by atoms with Gasteiger partial charge in [-0.3, -0.25) is 4.79 Å². The van der Waals surface area contributed by atoms with E-state index >= 15 is 0 Å². The van der Waals surface area contributed by atoms with Crippen LogP contribution in [-0.2, 0) is 6.42 Å². The molecule has 0 aliphatic rings. The van der Waals surface area contributed by atoms with Crippen LogP contribution in [0.1, 0.15) is 32.6 Å². The van der Waals surface area contributed by atoms with E-state index in [0.717, 1.165) is 11.5 Å². The summed E-state index contributed by atoms with van der Waals surface area (Å²) in [5, 5.41) is 15.5. The molecule has 0 radical (unpaired) electrons. The Morgan fingerprint density at radius 3 is 2.79 bits per heavy atom. The van der Waals surface area contributed by atoms with Gasteiger partial charge in [0.25, 0.3) is 5.91 Å². The highest BCUT2D eigenvalue weighted by Gasteiger charge is 2.17. The highest BCUT2D eigenvalue weighted by Crippen LogP contribution is 2.18. The summed E-state index contributed by atoms with van der Waals surface area (Å²) >= 11 is 0.995. The number of carboxylic acid groups (broad SMARTS) is 1. The minimum atomic E-state index is -1.09. The number of rotatable bonds is 4. The Kier molecular flexibility index (Phi) is 3.86. The molecule has 0 bridgehead atoms. The van der Waals surface area contributed by atoms with E-state index in [9.17, 15) is 9.59 Å². The number of anilines is 1. The Morgan fingerprint density at radius 1 is 1.37 bits per heavy atom. The fourth-order valence-corrected chi connectivity index (χ4v) is 2.22. The Bertz CT molecular complexity index is 624. The second kappa shape index (κ2) is 5.57. The molecule has 2 aromatic rings. The lowest BCUT2D eigenvalue weighted by Gasteiger charge is -2.07. The Balaban J connectivity index is 2.27. The minimum absolute atomic E-state index is 0.0476.